The number of rotatable bonds is 1. The molecular weight excluding hydrogens is 384 g/mol. The molecule has 4 saturated carbocycles. The lowest BCUT2D eigenvalue weighted by Crippen LogP contribution is -2.70. The molecular formula is C24H34O6. The summed E-state index contributed by atoms with van der Waals surface area (Å²) in [7, 11) is 0. The Morgan fingerprint density at radius 3 is 2.43 bits per heavy atom. The van der Waals surface area contributed by atoms with Crippen LogP contribution in [-0.4, -0.2) is 43.8 Å². The van der Waals surface area contributed by atoms with Gasteiger partial charge in [-0.3, -0.25) is 0 Å². The smallest absolute Gasteiger partial charge is 0.335 e. The van der Waals surface area contributed by atoms with E-state index < -0.39 is 34.2 Å². The summed E-state index contributed by atoms with van der Waals surface area (Å²) in [5.74, 6) is -0.300. The van der Waals surface area contributed by atoms with Crippen LogP contribution in [0, 0.1) is 22.7 Å². The fourth-order valence-corrected chi connectivity index (χ4v) is 8.40. The van der Waals surface area contributed by atoms with Gasteiger partial charge in [-0.25, -0.2) is 4.79 Å². The van der Waals surface area contributed by atoms with Gasteiger partial charge in [0.25, 0.3) is 0 Å². The number of hydrogen-bond acceptors (Lipinski definition) is 6. The molecule has 1 heterocycles. The van der Waals surface area contributed by atoms with E-state index in [4.69, 9.17) is 4.42 Å². The number of fused-ring (bicyclic) bond motifs is 5. The lowest BCUT2D eigenvalue weighted by molar-refractivity contribution is -0.278. The van der Waals surface area contributed by atoms with Crippen molar-refractivity contribution in [3.63, 3.8) is 0 Å². The molecule has 166 valence electrons. The maximum atomic E-state index is 12.2. The van der Waals surface area contributed by atoms with Crippen LogP contribution in [0.1, 0.15) is 76.7 Å². The molecule has 6 heteroatoms. The Bertz CT molecular complexity index is 877. The molecule has 1 aromatic heterocycles. The average Bonchev–Trinajstić information content (AvgIpc) is 2.94. The van der Waals surface area contributed by atoms with E-state index in [2.05, 4.69) is 13.8 Å². The van der Waals surface area contributed by atoms with Crippen LogP contribution in [0.25, 0.3) is 0 Å². The maximum absolute atomic E-state index is 12.2. The number of aliphatic hydroxyl groups excluding tert-OH is 2. The van der Waals surface area contributed by atoms with Gasteiger partial charge < -0.3 is 24.8 Å². The largest absolute Gasteiger partial charge is 0.431 e. The molecule has 30 heavy (non-hydrogen) atoms. The van der Waals surface area contributed by atoms with Gasteiger partial charge in [-0.05, 0) is 74.3 Å². The highest BCUT2D eigenvalue weighted by Gasteiger charge is 2.72. The molecule has 6 nitrogen and oxygen atoms in total. The molecule has 0 aliphatic heterocycles. The van der Waals surface area contributed by atoms with Gasteiger partial charge in [0.05, 0.1) is 29.7 Å². The lowest BCUT2D eigenvalue weighted by atomic mass is 9.41. The van der Waals surface area contributed by atoms with Crippen molar-refractivity contribution in [3.05, 3.63) is 34.4 Å². The van der Waals surface area contributed by atoms with Gasteiger partial charge in [0.1, 0.15) is 0 Å². The standard InChI is InChI=1S/C24H34O6/c1-21-8-5-15(25)11-23(21,28)9-6-17-20(21)18(26)12-22(2)16(7-10-24(17,22)29)14-3-4-19(27)30-13-14/h3-4,13,15-18,20,25-26,28-29H,5-12H2,1-2H3/t15-,16-,17-,18-,20-,21-,22-,23+,24+/m1/s1. The second-order valence-corrected chi connectivity index (χ2v) is 11.1. The van der Waals surface area contributed by atoms with Crippen molar-refractivity contribution in [1.29, 1.82) is 0 Å². The monoisotopic (exact) mass is 418 g/mol. The normalized spacial score (nSPS) is 52.9. The van der Waals surface area contributed by atoms with Crippen LogP contribution in [-0.2, 0) is 0 Å². The zero-order chi connectivity index (χ0) is 21.5. The summed E-state index contributed by atoms with van der Waals surface area (Å²) in [6.07, 6.45) is 5.03. The summed E-state index contributed by atoms with van der Waals surface area (Å²) < 4.78 is 5.12. The Morgan fingerprint density at radius 2 is 1.73 bits per heavy atom. The molecule has 0 bridgehead atoms. The zero-order valence-corrected chi connectivity index (χ0v) is 17.9. The van der Waals surface area contributed by atoms with Crippen molar-refractivity contribution >= 4 is 0 Å². The summed E-state index contributed by atoms with van der Waals surface area (Å²) in [6.45, 7) is 4.13. The molecule has 0 saturated heterocycles. The lowest BCUT2D eigenvalue weighted by Gasteiger charge is -2.67. The SMILES string of the molecule is C[C@]12CC[C@@H](O)C[C@@]1(O)CC[C@@H]1[C@@H]2[C@H](O)C[C@]2(C)[C@@H](c3ccc(=O)oc3)CC[C@]12O. The molecule has 9 atom stereocenters. The molecule has 4 aliphatic rings. The molecule has 4 fully saturated rings. The first kappa shape index (κ1) is 20.7. The number of hydrogen-bond donors (Lipinski definition) is 4. The molecule has 4 aliphatic carbocycles. The minimum absolute atomic E-state index is 0.00393. The van der Waals surface area contributed by atoms with E-state index in [1.54, 1.807) is 6.07 Å². The quantitative estimate of drug-likeness (QED) is 0.557. The van der Waals surface area contributed by atoms with Gasteiger partial charge in [0.2, 0.25) is 0 Å². The highest BCUT2D eigenvalue weighted by Crippen LogP contribution is 2.71. The van der Waals surface area contributed by atoms with E-state index in [0.29, 0.717) is 44.9 Å². The topological polar surface area (TPSA) is 111 Å². The summed E-state index contributed by atoms with van der Waals surface area (Å²) in [5.41, 5.74) is -2.50. The third-order valence-electron chi connectivity index (χ3n) is 10.0. The predicted octanol–water partition coefficient (Wildman–Crippen LogP) is 2.33. The summed E-state index contributed by atoms with van der Waals surface area (Å²) >= 11 is 0. The first-order valence-corrected chi connectivity index (χ1v) is 11.4. The molecule has 0 unspecified atom stereocenters. The minimum atomic E-state index is -1.00. The molecule has 1 aromatic rings. The first-order valence-electron chi connectivity index (χ1n) is 11.4. The number of aliphatic hydroxyl groups is 4. The van der Waals surface area contributed by atoms with E-state index in [1.165, 1.54) is 12.3 Å². The van der Waals surface area contributed by atoms with Crippen molar-refractivity contribution in [2.75, 3.05) is 0 Å². The van der Waals surface area contributed by atoms with Crippen molar-refractivity contribution < 1.29 is 24.8 Å². The van der Waals surface area contributed by atoms with Crippen LogP contribution < -0.4 is 5.63 Å². The van der Waals surface area contributed by atoms with Gasteiger partial charge in [-0.2, -0.15) is 0 Å². The molecule has 0 aromatic carbocycles. The van der Waals surface area contributed by atoms with Crippen molar-refractivity contribution in [2.24, 2.45) is 22.7 Å². The van der Waals surface area contributed by atoms with Crippen molar-refractivity contribution in [3.8, 4) is 0 Å². The van der Waals surface area contributed by atoms with Crippen LogP contribution in [0.4, 0.5) is 0 Å². The Hall–Kier alpha value is -1.21. The third kappa shape index (κ3) is 2.48. The van der Waals surface area contributed by atoms with Crippen LogP contribution in [0.15, 0.2) is 27.6 Å². The Balaban J connectivity index is 1.55. The molecule has 5 rings (SSSR count). The molecule has 0 radical (unpaired) electrons. The van der Waals surface area contributed by atoms with E-state index in [-0.39, 0.29) is 23.4 Å². The fourth-order valence-electron chi connectivity index (χ4n) is 8.40. The predicted molar refractivity (Wildman–Crippen MR) is 110 cm³/mol. The molecule has 4 N–H and O–H groups in total. The average molecular weight is 419 g/mol. The van der Waals surface area contributed by atoms with Gasteiger partial charge in [-0.15, -0.1) is 0 Å². The Kier molecular flexibility index (Phi) is 4.42. The van der Waals surface area contributed by atoms with E-state index in [0.717, 1.165) is 12.0 Å². The summed E-state index contributed by atoms with van der Waals surface area (Å²) in [6, 6.07) is 3.21. The van der Waals surface area contributed by atoms with Crippen molar-refractivity contribution in [1.82, 2.24) is 0 Å². The van der Waals surface area contributed by atoms with Crippen LogP contribution in [0.5, 0.6) is 0 Å². The van der Waals surface area contributed by atoms with E-state index in [1.807, 2.05) is 0 Å². The maximum Gasteiger partial charge on any atom is 0.335 e. The first-order chi connectivity index (χ1) is 14.0. The van der Waals surface area contributed by atoms with Gasteiger partial charge in [0, 0.05) is 23.3 Å². The highest BCUT2D eigenvalue weighted by molar-refractivity contribution is 5.28. The van der Waals surface area contributed by atoms with Gasteiger partial charge in [-0.1, -0.05) is 13.8 Å². The van der Waals surface area contributed by atoms with Crippen LogP contribution >= 0.6 is 0 Å². The van der Waals surface area contributed by atoms with E-state index >= 15 is 0 Å². The van der Waals surface area contributed by atoms with Crippen LogP contribution in [0.2, 0.25) is 0 Å². The van der Waals surface area contributed by atoms with Gasteiger partial charge in [0.15, 0.2) is 0 Å². The Morgan fingerprint density at radius 1 is 0.967 bits per heavy atom. The summed E-state index contributed by atoms with van der Waals surface area (Å²) in [5, 5.41) is 45.4. The second kappa shape index (κ2) is 6.41. The molecule has 0 amide bonds. The fraction of sp³-hybridized carbons (Fsp3) is 0.792. The zero-order valence-electron chi connectivity index (χ0n) is 17.9. The second-order valence-electron chi connectivity index (χ2n) is 11.1. The molecule has 0 spiro atoms. The Labute approximate surface area is 176 Å². The minimum Gasteiger partial charge on any atom is -0.431 e. The van der Waals surface area contributed by atoms with E-state index in [9.17, 15) is 25.2 Å². The van der Waals surface area contributed by atoms with Gasteiger partial charge >= 0.3 is 5.63 Å². The third-order valence-corrected chi connectivity index (χ3v) is 10.0. The van der Waals surface area contributed by atoms with Crippen LogP contribution in [0.3, 0.4) is 0 Å². The van der Waals surface area contributed by atoms with Crippen molar-refractivity contribution in [2.45, 2.75) is 94.5 Å². The summed E-state index contributed by atoms with van der Waals surface area (Å²) in [4.78, 5) is 11.4. The highest BCUT2D eigenvalue weighted by atomic mass is 16.4.